The van der Waals surface area contributed by atoms with E-state index in [0.717, 1.165) is 37.1 Å². The maximum absolute atomic E-state index is 12.0. The van der Waals surface area contributed by atoms with Gasteiger partial charge in [-0.05, 0) is 26.7 Å². The molecule has 0 saturated carbocycles. The minimum atomic E-state index is 0.0159. The molecule has 1 atom stereocenters. The second-order valence-corrected chi connectivity index (χ2v) is 4.40. The Morgan fingerprint density at radius 2 is 2.12 bits per heavy atom. The first-order valence-corrected chi connectivity index (χ1v) is 6.33. The maximum atomic E-state index is 12.0. The summed E-state index contributed by atoms with van der Waals surface area (Å²) in [7, 11) is 0. The SMILES string of the molecule is CCCCC(CC)C(=O)Nc1nc(C)c(C)o1. The number of aromatic nitrogens is 1. The molecule has 0 fully saturated rings. The van der Waals surface area contributed by atoms with Gasteiger partial charge in [0.1, 0.15) is 5.76 Å². The van der Waals surface area contributed by atoms with Crippen LogP contribution in [0.4, 0.5) is 6.01 Å². The van der Waals surface area contributed by atoms with E-state index >= 15 is 0 Å². The average Bonchev–Trinajstić information content (AvgIpc) is 2.59. The molecular weight excluding hydrogens is 216 g/mol. The van der Waals surface area contributed by atoms with Gasteiger partial charge in [0.2, 0.25) is 5.91 Å². The fourth-order valence-electron chi connectivity index (χ4n) is 1.70. The minimum Gasteiger partial charge on any atom is -0.428 e. The molecular formula is C13H22N2O2. The lowest BCUT2D eigenvalue weighted by Crippen LogP contribution is -2.22. The first-order valence-electron chi connectivity index (χ1n) is 6.33. The van der Waals surface area contributed by atoms with Gasteiger partial charge in [-0.25, -0.2) is 0 Å². The van der Waals surface area contributed by atoms with Crippen LogP contribution in [-0.4, -0.2) is 10.9 Å². The van der Waals surface area contributed by atoms with E-state index in [1.54, 1.807) is 0 Å². The van der Waals surface area contributed by atoms with Crippen LogP contribution in [-0.2, 0) is 4.79 Å². The van der Waals surface area contributed by atoms with E-state index < -0.39 is 0 Å². The molecule has 4 nitrogen and oxygen atoms in total. The summed E-state index contributed by atoms with van der Waals surface area (Å²) in [5.74, 6) is 0.826. The summed E-state index contributed by atoms with van der Waals surface area (Å²) in [6.07, 6.45) is 3.97. The summed E-state index contributed by atoms with van der Waals surface area (Å²) >= 11 is 0. The monoisotopic (exact) mass is 238 g/mol. The molecule has 1 aromatic rings. The van der Waals surface area contributed by atoms with E-state index in [0.29, 0.717) is 6.01 Å². The largest absolute Gasteiger partial charge is 0.428 e. The molecule has 0 aliphatic heterocycles. The van der Waals surface area contributed by atoms with Gasteiger partial charge in [0.05, 0.1) is 5.69 Å². The van der Waals surface area contributed by atoms with E-state index in [2.05, 4.69) is 17.2 Å². The van der Waals surface area contributed by atoms with Gasteiger partial charge in [-0.2, -0.15) is 4.98 Å². The van der Waals surface area contributed by atoms with E-state index in [4.69, 9.17) is 4.42 Å². The maximum Gasteiger partial charge on any atom is 0.301 e. The van der Waals surface area contributed by atoms with Gasteiger partial charge >= 0.3 is 6.01 Å². The van der Waals surface area contributed by atoms with Crippen molar-refractivity contribution in [1.82, 2.24) is 4.98 Å². The van der Waals surface area contributed by atoms with Gasteiger partial charge < -0.3 is 4.42 Å². The highest BCUT2D eigenvalue weighted by Gasteiger charge is 2.18. The lowest BCUT2D eigenvalue weighted by Gasteiger charge is -2.12. The van der Waals surface area contributed by atoms with Gasteiger partial charge in [-0.1, -0.05) is 26.7 Å². The number of amides is 1. The third-order valence-corrected chi connectivity index (χ3v) is 3.03. The smallest absolute Gasteiger partial charge is 0.301 e. The molecule has 0 aliphatic carbocycles. The van der Waals surface area contributed by atoms with Gasteiger partial charge in [0.15, 0.2) is 0 Å². The summed E-state index contributed by atoms with van der Waals surface area (Å²) in [6.45, 7) is 7.87. The molecule has 0 aliphatic rings. The lowest BCUT2D eigenvalue weighted by atomic mass is 9.99. The highest BCUT2D eigenvalue weighted by atomic mass is 16.4. The number of carbonyl (C=O) groups excluding carboxylic acids is 1. The van der Waals surface area contributed by atoms with Crippen LogP contribution >= 0.6 is 0 Å². The number of anilines is 1. The Morgan fingerprint density at radius 1 is 1.41 bits per heavy atom. The number of nitrogens with zero attached hydrogens (tertiary/aromatic N) is 1. The second-order valence-electron chi connectivity index (χ2n) is 4.40. The van der Waals surface area contributed by atoms with Crippen LogP contribution in [0.2, 0.25) is 0 Å². The summed E-state index contributed by atoms with van der Waals surface area (Å²) in [5.41, 5.74) is 0.821. The molecule has 0 bridgehead atoms. The number of unbranched alkanes of at least 4 members (excludes halogenated alkanes) is 1. The molecule has 1 N–H and O–H groups in total. The van der Waals surface area contributed by atoms with Crippen molar-refractivity contribution in [1.29, 1.82) is 0 Å². The zero-order chi connectivity index (χ0) is 12.8. The molecule has 0 radical (unpaired) electrons. The Bertz CT molecular complexity index is 352. The molecule has 1 unspecified atom stereocenters. The predicted octanol–water partition coefficient (Wildman–Crippen LogP) is 3.45. The summed E-state index contributed by atoms with van der Waals surface area (Å²) in [4.78, 5) is 16.1. The Hall–Kier alpha value is -1.32. The van der Waals surface area contributed by atoms with Crippen molar-refractivity contribution in [2.45, 2.75) is 53.4 Å². The number of nitrogens with one attached hydrogen (secondary N) is 1. The van der Waals surface area contributed by atoms with Gasteiger partial charge in [-0.15, -0.1) is 0 Å². The first kappa shape index (κ1) is 13.7. The fourth-order valence-corrected chi connectivity index (χ4v) is 1.70. The minimum absolute atomic E-state index is 0.0159. The van der Waals surface area contributed by atoms with Crippen LogP contribution in [0.15, 0.2) is 4.42 Å². The summed E-state index contributed by atoms with van der Waals surface area (Å²) in [6, 6.07) is 0.319. The van der Waals surface area contributed by atoms with Crippen LogP contribution in [0, 0.1) is 19.8 Å². The number of hydrogen-bond donors (Lipinski definition) is 1. The van der Waals surface area contributed by atoms with Crippen LogP contribution in [0.25, 0.3) is 0 Å². The number of carbonyl (C=O) groups is 1. The molecule has 96 valence electrons. The average molecular weight is 238 g/mol. The van der Waals surface area contributed by atoms with Crippen molar-refractivity contribution in [2.24, 2.45) is 5.92 Å². The van der Waals surface area contributed by atoms with E-state index in [1.165, 1.54) is 0 Å². The lowest BCUT2D eigenvalue weighted by molar-refractivity contribution is -0.120. The molecule has 1 heterocycles. The Morgan fingerprint density at radius 3 is 2.59 bits per heavy atom. The Balaban J connectivity index is 2.57. The molecule has 0 spiro atoms. The van der Waals surface area contributed by atoms with Gasteiger partial charge in [-0.3, -0.25) is 10.1 Å². The van der Waals surface area contributed by atoms with Crippen LogP contribution in [0.3, 0.4) is 0 Å². The Labute approximate surface area is 103 Å². The van der Waals surface area contributed by atoms with Crippen LogP contribution < -0.4 is 5.32 Å². The van der Waals surface area contributed by atoms with Gasteiger partial charge in [0, 0.05) is 5.92 Å². The predicted molar refractivity (Wildman–Crippen MR) is 67.9 cm³/mol. The number of rotatable bonds is 6. The molecule has 17 heavy (non-hydrogen) atoms. The molecule has 4 heteroatoms. The molecule has 0 saturated heterocycles. The van der Waals surface area contributed by atoms with Crippen molar-refractivity contribution < 1.29 is 9.21 Å². The van der Waals surface area contributed by atoms with Crippen molar-refractivity contribution >= 4 is 11.9 Å². The number of hydrogen-bond acceptors (Lipinski definition) is 3. The molecule has 1 aromatic heterocycles. The van der Waals surface area contributed by atoms with Crippen molar-refractivity contribution in [3.63, 3.8) is 0 Å². The van der Waals surface area contributed by atoms with Crippen molar-refractivity contribution in [2.75, 3.05) is 5.32 Å². The normalized spacial score (nSPS) is 12.5. The Kier molecular flexibility index (Phi) is 5.19. The van der Waals surface area contributed by atoms with Crippen LogP contribution in [0.5, 0.6) is 0 Å². The van der Waals surface area contributed by atoms with Gasteiger partial charge in [0.25, 0.3) is 0 Å². The van der Waals surface area contributed by atoms with Crippen molar-refractivity contribution in [3.8, 4) is 0 Å². The second kappa shape index (κ2) is 6.42. The van der Waals surface area contributed by atoms with E-state index in [9.17, 15) is 4.79 Å². The zero-order valence-corrected chi connectivity index (χ0v) is 11.2. The van der Waals surface area contributed by atoms with E-state index in [1.807, 2.05) is 20.8 Å². The quantitative estimate of drug-likeness (QED) is 0.825. The number of aryl methyl sites for hydroxylation is 2. The first-order chi connectivity index (χ1) is 8.08. The summed E-state index contributed by atoms with van der Waals surface area (Å²) < 4.78 is 5.34. The van der Waals surface area contributed by atoms with E-state index in [-0.39, 0.29) is 11.8 Å². The molecule has 0 aromatic carbocycles. The summed E-state index contributed by atoms with van der Waals surface area (Å²) in [5, 5.41) is 2.75. The highest BCUT2D eigenvalue weighted by Crippen LogP contribution is 2.17. The zero-order valence-electron chi connectivity index (χ0n) is 11.2. The fraction of sp³-hybridized carbons (Fsp3) is 0.692. The van der Waals surface area contributed by atoms with Crippen LogP contribution in [0.1, 0.15) is 51.0 Å². The topological polar surface area (TPSA) is 55.1 Å². The molecule has 1 amide bonds. The third kappa shape index (κ3) is 3.88. The standard InChI is InChI=1S/C13H22N2O2/c1-5-7-8-11(6-2)12(16)15-13-14-9(3)10(4)17-13/h11H,5-8H2,1-4H3,(H,14,15,16). The highest BCUT2D eigenvalue weighted by molar-refractivity contribution is 5.90. The number of oxazole rings is 1. The molecule has 1 rings (SSSR count). The third-order valence-electron chi connectivity index (χ3n) is 3.03. The van der Waals surface area contributed by atoms with Crippen molar-refractivity contribution in [3.05, 3.63) is 11.5 Å².